The second kappa shape index (κ2) is 5.17. The van der Waals surface area contributed by atoms with E-state index in [1.165, 1.54) is 16.9 Å². The molecule has 19 heavy (non-hydrogen) atoms. The number of benzene rings is 1. The zero-order valence-corrected chi connectivity index (χ0v) is 11.8. The van der Waals surface area contributed by atoms with Gasteiger partial charge in [-0.15, -0.1) is 11.3 Å². The number of ether oxygens (including phenoxy) is 1. The van der Waals surface area contributed by atoms with Crippen LogP contribution in [0.2, 0.25) is 0 Å². The fourth-order valence-corrected chi connectivity index (χ4v) is 3.67. The molecule has 0 unspecified atom stereocenters. The Hall–Kier alpha value is -1.61. The van der Waals surface area contributed by atoms with Gasteiger partial charge in [0.05, 0.1) is 12.0 Å². The van der Waals surface area contributed by atoms with Gasteiger partial charge in [-0.2, -0.15) is 0 Å². The monoisotopic (exact) mass is 272 g/mol. The lowest BCUT2D eigenvalue weighted by atomic mass is 10.1. The third kappa shape index (κ3) is 2.56. The van der Waals surface area contributed by atoms with Gasteiger partial charge in [0.1, 0.15) is 5.75 Å². The summed E-state index contributed by atoms with van der Waals surface area (Å²) in [5.41, 5.74) is 2.43. The van der Waals surface area contributed by atoms with Crippen LogP contribution in [0.1, 0.15) is 32.1 Å². The van der Waals surface area contributed by atoms with Crippen LogP contribution in [0.3, 0.4) is 0 Å². The van der Waals surface area contributed by atoms with Crippen molar-refractivity contribution >= 4 is 17.1 Å². The SMILES string of the molecule is COc1ccc(CC(=O)c2cc3c(s2)CCC3)cc1. The maximum absolute atomic E-state index is 12.3. The summed E-state index contributed by atoms with van der Waals surface area (Å²) in [6.45, 7) is 0. The summed E-state index contributed by atoms with van der Waals surface area (Å²) in [4.78, 5) is 14.6. The first-order valence-electron chi connectivity index (χ1n) is 6.54. The van der Waals surface area contributed by atoms with Gasteiger partial charge in [0.15, 0.2) is 5.78 Å². The Labute approximate surface area is 117 Å². The van der Waals surface area contributed by atoms with Gasteiger partial charge in [0.25, 0.3) is 0 Å². The molecule has 3 heteroatoms. The molecular weight excluding hydrogens is 256 g/mol. The molecule has 0 aliphatic heterocycles. The van der Waals surface area contributed by atoms with Gasteiger partial charge in [-0.05, 0) is 48.6 Å². The largest absolute Gasteiger partial charge is 0.497 e. The Morgan fingerprint density at radius 3 is 2.74 bits per heavy atom. The van der Waals surface area contributed by atoms with Crippen molar-refractivity contribution in [3.8, 4) is 5.75 Å². The summed E-state index contributed by atoms with van der Waals surface area (Å²) in [6.07, 6.45) is 4.01. The predicted molar refractivity (Wildman–Crippen MR) is 77.4 cm³/mol. The molecule has 1 aliphatic carbocycles. The molecule has 1 aromatic heterocycles. The van der Waals surface area contributed by atoms with Crippen molar-refractivity contribution in [3.05, 3.63) is 51.2 Å². The minimum atomic E-state index is 0.226. The number of Topliss-reactive ketones (excluding diaryl/α,β-unsaturated/α-hetero) is 1. The molecule has 2 aromatic rings. The van der Waals surface area contributed by atoms with Crippen LogP contribution in [-0.2, 0) is 19.3 Å². The Morgan fingerprint density at radius 1 is 1.26 bits per heavy atom. The van der Waals surface area contributed by atoms with Gasteiger partial charge in [-0.3, -0.25) is 4.79 Å². The molecule has 98 valence electrons. The summed E-state index contributed by atoms with van der Waals surface area (Å²) in [5, 5.41) is 0. The van der Waals surface area contributed by atoms with E-state index in [9.17, 15) is 4.79 Å². The summed E-state index contributed by atoms with van der Waals surface area (Å²) >= 11 is 1.68. The summed E-state index contributed by atoms with van der Waals surface area (Å²) in [5.74, 6) is 1.05. The molecule has 0 amide bonds. The minimum Gasteiger partial charge on any atom is -0.497 e. The average molecular weight is 272 g/mol. The highest BCUT2D eigenvalue weighted by Gasteiger charge is 2.18. The van der Waals surface area contributed by atoms with E-state index in [1.54, 1.807) is 18.4 Å². The molecule has 0 saturated heterocycles. The molecule has 0 saturated carbocycles. The lowest BCUT2D eigenvalue weighted by Gasteiger charge is -2.02. The molecule has 0 fully saturated rings. The molecule has 0 spiro atoms. The van der Waals surface area contributed by atoms with E-state index >= 15 is 0 Å². The van der Waals surface area contributed by atoms with Crippen molar-refractivity contribution in [2.75, 3.05) is 7.11 Å². The van der Waals surface area contributed by atoms with Crippen LogP contribution >= 0.6 is 11.3 Å². The molecule has 1 aliphatic rings. The van der Waals surface area contributed by atoms with E-state index in [-0.39, 0.29) is 5.78 Å². The lowest BCUT2D eigenvalue weighted by molar-refractivity contribution is 0.0996. The van der Waals surface area contributed by atoms with Crippen LogP contribution in [0.25, 0.3) is 0 Å². The van der Waals surface area contributed by atoms with Crippen molar-refractivity contribution in [2.45, 2.75) is 25.7 Å². The molecule has 0 atom stereocenters. The smallest absolute Gasteiger partial charge is 0.177 e. The zero-order chi connectivity index (χ0) is 13.2. The van der Waals surface area contributed by atoms with Crippen LogP contribution in [0.5, 0.6) is 5.75 Å². The Balaban J connectivity index is 1.72. The maximum Gasteiger partial charge on any atom is 0.177 e. The number of thiophene rings is 1. The molecule has 2 nitrogen and oxygen atoms in total. The number of methoxy groups -OCH3 is 1. The highest BCUT2D eigenvalue weighted by atomic mass is 32.1. The highest BCUT2D eigenvalue weighted by Crippen LogP contribution is 2.31. The molecular formula is C16H16O2S. The second-order valence-corrected chi connectivity index (χ2v) is 6.00. The van der Waals surface area contributed by atoms with Crippen molar-refractivity contribution in [2.24, 2.45) is 0 Å². The van der Waals surface area contributed by atoms with E-state index < -0.39 is 0 Å². The topological polar surface area (TPSA) is 26.3 Å². The maximum atomic E-state index is 12.3. The number of hydrogen-bond acceptors (Lipinski definition) is 3. The molecule has 3 rings (SSSR count). The van der Waals surface area contributed by atoms with Crippen molar-refractivity contribution in [1.82, 2.24) is 0 Å². The third-order valence-electron chi connectivity index (χ3n) is 3.55. The van der Waals surface area contributed by atoms with Crippen LogP contribution < -0.4 is 4.74 Å². The number of carbonyl (C=O) groups excluding carboxylic acids is 1. The first-order valence-corrected chi connectivity index (χ1v) is 7.35. The molecule has 0 N–H and O–H groups in total. The summed E-state index contributed by atoms with van der Waals surface area (Å²) < 4.78 is 5.12. The quantitative estimate of drug-likeness (QED) is 0.794. The van der Waals surface area contributed by atoms with E-state index in [0.29, 0.717) is 6.42 Å². The Bertz CT molecular complexity index is 574. The van der Waals surface area contributed by atoms with Gasteiger partial charge in [-0.1, -0.05) is 12.1 Å². The lowest BCUT2D eigenvalue weighted by Crippen LogP contribution is -2.01. The minimum absolute atomic E-state index is 0.226. The van der Waals surface area contributed by atoms with Gasteiger partial charge < -0.3 is 4.74 Å². The van der Waals surface area contributed by atoms with Crippen LogP contribution in [0.15, 0.2) is 30.3 Å². The van der Waals surface area contributed by atoms with Crippen LogP contribution in [0.4, 0.5) is 0 Å². The zero-order valence-electron chi connectivity index (χ0n) is 10.9. The summed E-state index contributed by atoms with van der Waals surface area (Å²) in [6, 6.07) is 9.81. The number of carbonyl (C=O) groups is 1. The number of ketones is 1. The van der Waals surface area contributed by atoms with Crippen molar-refractivity contribution in [1.29, 1.82) is 0 Å². The highest BCUT2D eigenvalue weighted by molar-refractivity contribution is 7.14. The third-order valence-corrected chi connectivity index (χ3v) is 4.82. The van der Waals surface area contributed by atoms with Crippen molar-refractivity contribution < 1.29 is 9.53 Å². The van der Waals surface area contributed by atoms with Gasteiger partial charge in [-0.25, -0.2) is 0 Å². The van der Waals surface area contributed by atoms with E-state index in [0.717, 1.165) is 29.0 Å². The average Bonchev–Trinajstić information content (AvgIpc) is 3.00. The van der Waals surface area contributed by atoms with E-state index in [1.807, 2.05) is 24.3 Å². The number of hydrogen-bond donors (Lipinski definition) is 0. The number of aryl methyl sites for hydroxylation is 2. The predicted octanol–water partition coefficient (Wildman–Crippen LogP) is 3.67. The standard InChI is InChI=1S/C16H16O2S/c1-18-13-7-5-11(6-8-13)9-14(17)16-10-12-3-2-4-15(12)19-16/h5-8,10H,2-4,9H2,1H3. The van der Waals surface area contributed by atoms with E-state index in [4.69, 9.17) is 4.74 Å². The number of rotatable bonds is 4. The molecule has 1 heterocycles. The first kappa shape index (κ1) is 12.4. The van der Waals surface area contributed by atoms with Gasteiger partial charge >= 0.3 is 0 Å². The van der Waals surface area contributed by atoms with Crippen molar-refractivity contribution in [3.63, 3.8) is 0 Å². The number of fused-ring (bicyclic) bond motifs is 1. The molecule has 1 aromatic carbocycles. The Kier molecular flexibility index (Phi) is 3.38. The molecule has 0 bridgehead atoms. The summed E-state index contributed by atoms with van der Waals surface area (Å²) in [7, 11) is 1.65. The van der Waals surface area contributed by atoms with Crippen LogP contribution in [-0.4, -0.2) is 12.9 Å². The fraction of sp³-hybridized carbons (Fsp3) is 0.312. The first-order chi connectivity index (χ1) is 9.26. The van der Waals surface area contributed by atoms with Gasteiger partial charge in [0, 0.05) is 11.3 Å². The van der Waals surface area contributed by atoms with Gasteiger partial charge in [0.2, 0.25) is 0 Å². The second-order valence-electron chi connectivity index (χ2n) is 4.86. The van der Waals surface area contributed by atoms with Crippen LogP contribution in [0, 0.1) is 0 Å². The molecule has 0 radical (unpaired) electrons. The normalized spacial score (nSPS) is 13.3. The van der Waals surface area contributed by atoms with E-state index in [2.05, 4.69) is 6.07 Å². The fourth-order valence-electron chi connectivity index (χ4n) is 2.48. The Morgan fingerprint density at radius 2 is 2.05 bits per heavy atom.